The topological polar surface area (TPSA) is 12.4 Å². The van der Waals surface area contributed by atoms with Crippen molar-refractivity contribution in [1.29, 1.82) is 0 Å². The fraction of sp³-hybridized carbons (Fsp3) is 0.900. The smallest absolute Gasteiger partial charge is 0.0276 e. The SMILES string of the molecule is CN=C(CC(C)C)CC(C)C. The molecule has 0 aliphatic carbocycles. The fourth-order valence-corrected chi connectivity index (χ4v) is 1.21. The van der Waals surface area contributed by atoms with Crippen LogP contribution in [-0.2, 0) is 0 Å². The zero-order valence-electron chi connectivity index (χ0n) is 8.52. The molecule has 1 nitrogen and oxygen atoms in total. The van der Waals surface area contributed by atoms with Gasteiger partial charge in [-0.25, -0.2) is 0 Å². The van der Waals surface area contributed by atoms with Crippen molar-refractivity contribution in [2.24, 2.45) is 16.8 Å². The first-order chi connectivity index (χ1) is 5.06. The van der Waals surface area contributed by atoms with Crippen LogP contribution in [0.25, 0.3) is 0 Å². The first kappa shape index (κ1) is 10.7. The van der Waals surface area contributed by atoms with E-state index in [2.05, 4.69) is 32.7 Å². The highest BCUT2D eigenvalue weighted by Crippen LogP contribution is 2.09. The van der Waals surface area contributed by atoms with Crippen LogP contribution in [0.5, 0.6) is 0 Å². The first-order valence-electron chi connectivity index (χ1n) is 4.50. The standard InChI is InChI=1S/C10H21N/c1-8(2)6-10(11-5)7-9(3)4/h8-9H,6-7H2,1-5H3. The molecule has 0 atom stereocenters. The van der Waals surface area contributed by atoms with Crippen LogP contribution >= 0.6 is 0 Å². The molecule has 0 radical (unpaired) electrons. The van der Waals surface area contributed by atoms with Crippen LogP contribution in [0.4, 0.5) is 0 Å². The van der Waals surface area contributed by atoms with Gasteiger partial charge in [0.25, 0.3) is 0 Å². The van der Waals surface area contributed by atoms with Crippen LogP contribution in [0.15, 0.2) is 4.99 Å². The summed E-state index contributed by atoms with van der Waals surface area (Å²) >= 11 is 0. The van der Waals surface area contributed by atoms with Crippen molar-refractivity contribution in [3.63, 3.8) is 0 Å². The zero-order valence-corrected chi connectivity index (χ0v) is 8.52. The summed E-state index contributed by atoms with van der Waals surface area (Å²) in [4.78, 5) is 4.28. The Morgan fingerprint density at radius 2 is 1.36 bits per heavy atom. The van der Waals surface area contributed by atoms with Crippen molar-refractivity contribution in [3.8, 4) is 0 Å². The Kier molecular flexibility index (Phi) is 5.18. The van der Waals surface area contributed by atoms with E-state index < -0.39 is 0 Å². The van der Waals surface area contributed by atoms with Gasteiger partial charge in [0.1, 0.15) is 0 Å². The Morgan fingerprint density at radius 3 is 1.55 bits per heavy atom. The molecule has 0 N–H and O–H groups in total. The van der Waals surface area contributed by atoms with Gasteiger partial charge in [-0.05, 0) is 24.7 Å². The fourth-order valence-electron chi connectivity index (χ4n) is 1.21. The second-order valence-electron chi connectivity index (χ2n) is 3.99. The lowest BCUT2D eigenvalue weighted by Gasteiger charge is -2.10. The van der Waals surface area contributed by atoms with Crippen LogP contribution in [0.3, 0.4) is 0 Å². The summed E-state index contributed by atoms with van der Waals surface area (Å²) in [5.41, 5.74) is 1.37. The van der Waals surface area contributed by atoms with Gasteiger partial charge in [-0.3, -0.25) is 4.99 Å². The lowest BCUT2D eigenvalue weighted by molar-refractivity contribution is 0.634. The lowest BCUT2D eigenvalue weighted by Crippen LogP contribution is -2.06. The molecule has 0 fully saturated rings. The van der Waals surface area contributed by atoms with Crippen molar-refractivity contribution in [2.75, 3.05) is 7.05 Å². The maximum Gasteiger partial charge on any atom is 0.0276 e. The van der Waals surface area contributed by atoms with Gasteiger partial charge in [-0.2, -0.15) is 0 Å². The Balaban J connectivity index is 3.79. The number of aliphatic imine (C=N–C) groups is 1. The van der Waals surface area contributed by atoms with E-state index in [9.17, 15) is 0 Å². The van der Waals surface area contributed by atoms with Crippen LogP contribution in [0.2, 0.25) is 0 Å². The van der Waals surface area contributed by atoms with Crippen LogP contribution in [0, 0.1) is 11.8 Å². The third-order valence-electron chi connectivity index (χ3n) is 1.60. The predicted octanol–water partition coefficient (Wildman–Crippen LogP) is 3.15. The normalized spacial score (nSPS) is 10.8. The largest absolute Gasteiger partial charge is 0.297 e. The number of hydrogen-bond acceptors (Lipinski definition) is 1. The number of hydrogen-bond donors (Lipinski definition) is 0. The Labute approximate surface area is 70.9 Å². The maximum atomic E-state index is 4.28. The van der Waals surface area contributed by atoms with Gasteiger partial charge < -0.3 is 0 Å². The van der Waals surface area contributed by atoms with E-state index in [1.807, 2.05) is 7.05 Å². The van der Waals surface area contributed by atoms with Gasteiger partial charge in [0.05, 0.1) is 0 Å². The predicted molar refractivity (Wildman–Crippen MR) is 52.3 cm³/mol. The molecule has 0 rings (SSSR count). The Morgan fingerprint density at radius 1 is 1.00 bits per heavy atom. The second-order valence-corrected chi connectivity index (χ2v) is 3.99. The van der Waals surface area contributed by atoms with Crippen LogP contribution in [-0.4, -0.2) is 12.8 Å². The summed E-state index contributed by atoms with van der Waals surface area (Å²) < 4.78 is 0. The zero-order chi connectivity index (χ0) is 8.85. The number of nitrogens with zero attached hydrogens (tertiary/aromatic N) is 1. The van der Waals surface area contributed by atoms with E-state index in [1.165, 1.54) is 5.71 Å². The molecule has 0 spiro atoms. The minimum Gasteiger partial charge on any atom is -0.297 e. The second kappa shape index (κ2) is 5.34. The summed E-state index contributed by atoms with van der Waals surface area (Å²) in [6, 6.07) is 0. The molecule has 0 aliphatic rings. The minimum atomic E-state index is 0.743. The lowest BCUT2D eigenvalue weighted by atomic mass is 9.99. The third-order valence-corrected chi connectivity index (χ3v) is 1.60. The molecule has 0 aromatic heterocycles. The van der Waals surface area contributed by atoms with E-state index in [0.29, 0.717) is 0 Å². The molecule has 0 aromatic carbocycles. The monoisotopic (exact) mass is 155 g/mol. The highest BCUT2D eigenvalue weighted by molar-refractivity contribution is 5.84. The van der Waals surface area contributed by atoms with Gasteiger partial charge in [-0.1, -0.05) is 27.7 Å². The average molecular weight is 155 g/mol. The van der Waals surface area contributed by atoms with Gasteiger partial charge in [0, 0.05) is 12.8 Å². The number of rotatable bonds is 4. The quantitative estimate of drug-likeness (QED) is 0.553. The highest BCUT2D eigenvalue weighted by atomic mass is 14.7. The molecular weight excluding hydrogens is 134 g/mol. The molecule has 1 heteroatoms. The van der Waals surface area contributed by atoms with E-state index in [1.54, 1.807) is 0 Å². The molecule has 66 valence electrons. The van der Waals surface area contributed by atoms with Gasteiger partial charge in [-0.15, -0.1) is 0 Å². The summed E-state index contributed by atoms with van der Waals surface area (Å²) in [7, 11) is 1.90. The van der Waals surface area contributed by atoms with E-state index in [-0.39, 0.29) is 0 Å². The molecule has 0 aliphatic heterocycles. The highest BCUT2D eigenvalue weighted by Gasteiger charge is 2.04. The van der Waals surface area contributed by atoms with Gasteiger partial charge >= 0.3 is 0 Å². The molecule has 0 bridgehead atoms. The van der Waals surface area contributed by atoms with Crippen molar-refractivity contribution in [2.45, 2.75) is 40.5 Å². The maximum absolute atomic E-state index is 4.28. The van der Waals surface area contributed by atoms with Crippen molar-refractivity contribution in [3.05, 3.63) is 0 Å². The van der Waals surface area contributed by atoms with E-state index >= 15 is 0 Å². The van der Waals surface area contributed by atoms with E-state index in [0.717, 1.165) is 24.7 Å². The van der Waals surface area contributed by atoms with Crippen LogP contribution in [0.1, 0.15) is 40.5 Å². The Bertz CT molecular complexity index is 111. The molecule has 0 heterocycles. The minimum absolute atomic E-state index is 0.743. The van der Waals surface area contributed by atoms with Crippen molar-refractivity contribution < 1.29 is 0 Å². The molecule has 0 saturated carbocycles. The van der Waals surface area contributed by atoms with Gasteiger partial charge in [0.15, 0.2) is 0 Å². The van der Waals surface area contributed by atoms with Gasteiger partial charge in [0.2, 0.25) is 0 Å². The van der Waals surface area contributed by atoms with Crippen molar-refractivity contribution >= 4 is 5.71 Å². The third kappa shape index (κ3) is 6.08. The summed E-state index contributed by atoms with van der Waals surface area (Å²) in [6.07, 6.45) is 2.32. The molecular formula is C10H21N. The molecule has 0 amide bonds. The summed E-state index contributed by atoms with van der Waals surface area (Å²) in [5.74, 6) is 1.49. The molecule has 0 aromatic rings. The molecule has 0 unspecified atom stereocenters. The summed E-state index contributed by atoms with van der Waals surface area (Å²) in [6.45, 7) is 8.97. The van der Waals surface area contributed by atoms with Crippen molar-refractivity contribution in [1.82, 2.24) is 0 Å². The molecule has 11 heavy (non-hydrogen) atoms. The average Bonchev–Trinajstić information content (AvgIpc) is 1.84. The molecule has 0 saturated heterocycles. The Hall–Kier alpha value is -0.330. The van der Waals surface area contributed by atoms with Crippen LogP contribution < -0.4 is 0 Å². The van der Waals surface area contributed by atoms with E-state index in [4.69, 9.17) is 0 Å². The summed E-state index contributed by atoms with van der Waals surface area (Å²) in [5, 5.41) is 0. The first-order valence-corrected chi connectivity index (χ1v) is 4.50.